The van der Waals surface area contributed by atoms with Crippen LogP contribution in [0.25, 0.3) is 0 Å². The van der Waals surface area contributed by atoms with E-state index in [4.69, 9.17) is 5.73 Å². The molecule has 0 amide bonds. The molecule has 16 heavy (non-hydrogen) atoms. The highest BCUT2D eigenvalue weighted by Crippen LogP contribution is 2.43. The lowest BCUT2D eigenvalue weighted by molar-refractivity contribution is 0.289. The van der Waals surface area contributed by atoms with Gasteiger partial charge in [-0.15, -0.1) is 0 Å². The molecule has 3 nitrogen and oxygen atoms in total. The van der Waals surface area contributed by atoms with Gasteiger partial charge in [0.05, 0.1) is 5.54 Å². The summed E-state index contributed by atoms with van der Waals surface area (Å²) in [6, 6.07) is 2.12. The van der Waals surface area contributed by atoms with Crippen molar-refractivity contribution < 1.29 is 0 Å². The predicted molar refractivity (Wildman–Crippen MR) is 68.5 cm³/mol. The monoisotopic (exact) mass is 281 g/mol. The number of hydrogen-bond acceptors (Lipinski definition) is 3. The third-order valence-corrected chi connectivity index (χ3v) is 4.55. The van der Waals surface area contributed by atoms with E-state index in [2.05, 4.69) is 38.8 Å². The lowest BCUT2D eigenvalue weighted by Crippen LogP contribution is -2.69. The van der Waals surface area contributed by atoms with Crippen molar-refractivity contribution in [1.82, 2.24) is 4.98 Å². The summed E-state index contributed by atoms with van der Waals surface area (Å²) in [5, 5.41) is 0. The Kier molecular flexibility index (Phi) is 2.27. The number of pyridine rings is 1. The quantitative estimate of drug-likeness (QED) is 0.903. The second kappa shape index (κ2) is 3.44. The molecule has 1 saturated carbocycles. The van der Waals surface area contributed by atoms with E-state index >= 15 is 0 Å². The van der Waals surface area contributed by atoms with Crippen molar-refractivity contribution in [2.24, 2.45) is 11.7 Å². The van der Waals surface area contributed by atoms with Gasteiger partial charge in [0.1, 0.15) is 5.82 Å². The fourth-order valence-electron chi connectivity index (χ4n) is 2.44. The van der Waals surface area contributed by atoms with Crippen molar-refractivity contribution in [3.8, 4) is 0 Å². The van der Waals surface area contributed by atoms with Crippen LogP contribution < -0.4 is 10.6 Å². The zero-order valence-corrected chi connectivity index (χ0v) is 11.0. The molecule has 0 radical (unpaired) electrons. The van der Waals surface area contributed by atoms with E-state index in [1.807, 2.05) is 6.20 Å². The van der Waals surface area contributed by atoms with Crippen molar-refractivity contribution in [3.63, 3.8) is 0 Å². The Balaban J connectivity index is 1.73. The molecule has 4 heteroatoms. The minimum absolute atomic E-state index is 0.0721. The minimum Gasteiger partial charge on any atom is -0.353 e. The summed E-state index contributed by atoms with van der Waals surface area (Å²) in [5.74, 6) is 1.82. The molecular weight excluding hydrogens is 266 g/mol. The van der Waals surface area contributed by atoms with Gasteiger partial charge in [0.15, 0.2) is 0 Å². The summed E-state index contributed by atoms with van der Waals surface area (Å²) in [4.78, 5) is 6.71. The number of hydrogen-bond donors (Lipinski definition) is 1. The minimum atomic E-state index is 0.0721. The molecule has 2 aliphatic rings. The van der Waals surface area contributed by atoms with Gasteiger partial charge in [-0.2, -0.15) is 0 Å². The van der Waals surface area contributed by atoms with E-state index in [9.17, 15) is 0 Å². The summed E-state index contributed by atoms with van der Waals surface area (Å²) in [5.41, 5.74) is 7.62. The molecule has 3 rings (SSSR count). The molecule has 0 unspecified atom stereocenters. The van der Waals surface area contributed by atoms with E-state index in [-0.39, 0.29) is 5.54 Å². The highest BCUT2D eigenvalue weighted by Gasteiger charge is 2.50. The topological polar surface area (TPSA) is 42.1 Å². The molecule has 1 saturated heterocycles. The molecular formula is C12H16BrN3. The van der Waals surface area contributed by atoms with Crippen molar-refractivity contribution >= 4 is 21.7 Å². The van der Waals surface area contributed by atoms with Crippen LogP contribution in [-0.2, 0) is 0 Å². The molecule has 2 heterocycles. The van der Waals surface area contributed by atoms with Crippen LogP contribution >= 0.6 is 15.9 Å². The Labute approximate surface area is 104 Å². The Bertz CT molecular complexity index is 422. The summed E-state index contributed by atoms with van der Waals surface area (Å²) in [6.07, 6.45) is 4.51. The van der Waals surface area contributed by atoms with Crippen LogP contribution in [0.3, 0.4) is 0 Å². The van der Waals surface area contributed by atoms with Crippen molar-refractivity contribution in [1.29, 1.82) is 0 Å². The maximum absolute atomic E-state index is 6.33. The normalized spacial score (nSPS) is 23.1. The van der Waals surface area contributed by atoms with E-state index in [0.29, 0.717) is 0 Å². The molecule has 86 valence electrons. The van der Waals surface area contributed by atoms with Crippen molar-refractivity contribution in [2.45, 2.75) is 25.3 Å². The van der Waals surface area contributed by atoms with Gasteiger partial charge in [0, 0.05) is 23.8 Å². The molecule has 1 aliphatic heterocycles. The Morgan fingerprint density at radius 1 is 1.50 bits per heavy atom. The summed E-state index contributed by atoms with van der Waals surface area (Å²) < 4.78 is 1.07. The molecule has 0 bridgehead atoms. The maximum atomic E-state index is 6.33. The molecule has 2 N–H and O–H groups in total. The smallest absolute Gasteiger partial charge is 0.128 e. The summed E-state index contributed by atoms with van der Waals surface area (Å²) in [6.45, 7) is 4.02. The van der Waals surface area contributed by atoms with Gasteiger partial charge in [-0.3, -0.25) is 0 Å². The first-order chi connectivity index (χ1) is 7.58. The van der Waals surface area contributed by atoms with E-state index < -0.39 is 0 Å². The standard InChI is InChI=1S/C12H16BrN3/c1-8-4-11(15-5-10(8)13)16-6-12(14,7-16)9-2-3-9/h4-5,9H,2-3,6-7,14H2,1H3. The van der Waals surface area contributed by atoms with Crippen LogP contribution in [0.15, 0.2) is 16.7 Å². The van der Waals surface area contributed by atoms with Crippen LogP contribution in [0.2, 0.25) is 0 Å². The van der Waals surface area contributed by atoms with Crippen LogP contribution in [-0.4, -0.2) is 23.6 Å². The molecule has 0 spiro atoms. The van der Waals surface area contributed by atoms with E-state index in [0.717, 1.165) is 29.3 Å². The molecule has 1 aliphatic carbocycles. The Morgan fingerprint density at radius 3 is 2.75 bits per heavy atom. The van der Waals surface area contributed by atoms with Crippen LogP contribution in [0.1, 0.15) is 18.4 Å². The molecule has 1 aromatic heterocycles. The molecule has 0 atom stereocenters. The van der Waals surface area contributed by atoms with Gasteiger partial charge in [-0.05, 0) is 53.2 Å². The van der Waals surface area contributed by atoms with Crippen molar-refractivity contribution in [2.75, 3.05) is 18.0 Å². The highest BCUT2D eigenvalue weighted by molar-refractivity contribution is 9.10. The summed E-state index contributed by atoms with van der Waals surface area (Å²) >= 11 is 3.47. The van der Waals surface area contributed by atoms with Gasteiger partial charge < -0.3 is 10.6 Å². The molecule has 2 fully saturated rings. The highest BCUT2D eigenvalue weighted by atomic mass is 79.9. The lowest BCUT2D eigenvalue weighted by atomic mass is 9.86. The number of nitrogens with zero attached hydrogens (tertiary/aromatic N) is 2. The van der Waals surface area contributed by atoms with Crippen LogP contribution in [0.5, 0.6) is 0 Å². The van der Waals surface area contributed by atoms with Gasteiger partial charge >= 0.3 is 0 Å². The average Bonchev–Trinajstić information content (AvgIpc) is 3.01. The largest absolute Gasteiger partial charge is 0.353 e. The van der Waals surface area contributed by atoms with E-state index in [1.54, 1.807) is 0 Å². The van der Waals surface area contributed by atoms with Gasteiger partial charge in [0.2, 0.25) is 0 Å². The Morgan fingerprint density at radius 2 is 2.19 bits per heavy atom. The van der Waals surface area contributed by atoms with E-state index in [1.165, 1.54) is 18.4 Å². The lowest BCUT2D eigenvalue weighted by Gasteiger charge is -2.49. The number of aromatic nitrogens is 1. The third-order valence-electron chi connectivity index (χ3n) is 3.72. The van der Waals surface area contributed by atoms with Gasteiger partial charge in [-0.1, -0.05) is 0 Å². The SMILES string of the molecule is Cc1cc(N2CC(N)(C3CC3)C2)ncc1Br. The van der Waals surface area contributed by atoms with Crippen molar-refractivity contribution in [3.05, 3.63) is 22.3 Å². The molecule has 1 aromatic rings. The first-order valence-corrected chi connectivity index (χ1v) is 6.54. The fourth-order valence-corrected chi connectivity index (χ4v) is 2.66. The third kappa shape index (κ3) is 1.64. The number of aryl methyl sites for hydroxylation is 1. The predicted octanol–water partition coefficient (Wildman–Crippen LogP) is 2.08. The number of nitrogens with two attached hydrogens (primary N) is 1. The second-order valence-corrected chi connectivity index (χ2v) is 6.01. The van der Waals surface area contributed by atoms with Gasteiger partial charge in [-0.25, -0.2) is 4.98 Å². The number of anilines is 1. The van der Waals surface area contributed by atoms with Gasteiger partial charge in [0.25, 0.3) is 0 Å². The zero-order chi connectivity index (χ0) is 11.3. The van der Waals surface area contributed by atoms with Crippen LogP contribution in [0.4, 0.5) is 5.82 Å². The number of rotatable bonds is 2. The number of halogens is 1. The fraction of sp³-hybridized carbons (Fsp3) is 0.583. The first kappa shape index (κ1) is 10.5. The zero-order valence-electron chi connectivity index (χ0n) is 9.41. The first-order valence-electron chi connectivity index (χ1n) is 5.74. The maximum Gasteiger partial charge on any atom is 0.128 e. The Hall–Kier alpha value is -0.610. The molecule has 0 aromatic carbocycles. The summed E-state index contributed by atoms with van der Waals surface area (Å²) in [7, 11) is 0. The average molecular weight is 282 g/mol. The van der Waals surface area contributed by atoms with Crippen LogP contribution in [0, 0.1) is 12.8 Å². The second-order valence-electron chi connectivity index (χ2n) is 5.16.